The van der Waals surface area contributed by atoms with E-state index in [2.05, 4.69) is 55.7 Å². The van der Waals surface area contributed by atoms with Gasteiger partial charge in [-0.25, -0.2) is 0 Å². The SMILES string of the molecule is COc1cc2c3c([nH]c2cc1-c1c(C)noc1C)NC(CCN1CCOCC1)N=C3c1ccnc2ccccc12. The van der Waals surface area contributed by atoms with Crippen molar-refractivity contribution in [1.82, 2.24) is 20.0 Å². The van der Waals surface area contributed by atoms with E-state index in [0.29, 0.717) is 0 Å². The van der Waals surface area contributed by atoms with Crippen LogP contribution in [0.4, 0.5) is 5.82 Å². The summed E-state index contributed by atoms with van der Waals surface area (Å²) >= 11 is 0. The Morgan fingerprint density at radius 3 is 2.67 bits per heavy atom. The van der Waals surface area contributed by atoms with E-state index in [0.717, 1.165) is 112 Å². The second kappa shape index (κ2) is 10.1. The molecule has 2 aliphatic rings. The molecule has 0 saturated carbocycles. The van der Waals surface area contributed by atoms with Crippen molar-refractivity contribution >= 4 is 33.3 Å². The Kier molecular flexibility index (Phi) is 6.25. The van der Waals surface area contributed by atoms with Gasteiger partial charge in [0.05, 0.1) is 48.4 Å². The van der Waals surface area contributed by atoms with Gasteiger partial charge in [-0.3, -0.25) is 14.9 Å². The predicted molar refractivity (Wildman–Crippen MR) is 156 cm³/mol. The van der Waals surface area contributed by atoms with Crippen LogP contribution in [0.25, 0.3) is 32.9 Å². The zero-order chi connectivity index (χ0) is 27.2. The van der Waals surface area contributed by atoms with Gasteiger partial charge in [-0.05, 0) is 38.1 Å². The van der Waals surface area contributed by atoms with Gasteiger partial charge in [-0.1, -0.05) is 23.4 Å². The molecule has 2 aromatic carbocycles. The molecule has 1 atom stereocenters. The van der Waals surface area contributed by atoms with Crippen LogP contribution in [-0.2, 0) is 4.74 Å². The highest BCUT2D eigenvalue weighted by Crippen LogP contribution is 2.42. The number of hydrogen-bond acceptors (Lipinski definition) is 8. The normalized spacial score (nSPS) is 17.6. The van der Waals surface area contributed by atoms with Crippen molar-refractivity contribution in [3.8, 4) is 16.9 Å². The summed E-state index contributed by atoms with van der Waals surface area (Å²) in [6, 6.07) is 14.5. The quantitative estimate of drug-likeness (QED) is 0.303. The molecule has 3 aromatic heterocycles. The molecule has 0 radical (unpaired) electrons. The zero-order valence-electron chi connectivity index (χ0n) is 23.0. The Labute approximate surface area is 232 Å². The number of para-hydroxylation sites is 1. The maximum Gasteiger partial charge on any atom is 0.141 e. The van der Waals surface area contributed by atoms with Gasteiger partial charge in [0, 0.05) is 59.7 Å². The van der Waals surface area contributed by atoms with E-state index >= 15 is 0 Å². The smallest absolute Gasteiger partial charge is 0.141 e. The van der Waals surface area contributed by atoms with E-state index in [1.165, 1.54) is 0 Å². The van der Waals surface area contributed by atoms with Gasteiger partial charge in [0.2, 0.25) is 0 Å². The third-order valence-corrected chi connectivity index (χ3v) is 7.98. The van der Waals surface area contributed by atoms with Crippen LogP contribution in [0.15, 0.2) is 58.2 Å². The lowest BCUT2D eigenvalue weighted by Gasteiger charge is -2.29. The van der Waals surface area contributed by atoms with Crippen molar-refractivity contribution in [3.05, 3.63) is 71.2 Å². The summed E-state index contributed by atoms with van der Waals surface area (Å²) in [5, 5.41) is 10.00. The lowest BCUT2D eigenvalue weighted by molar-refractivity contribution is 0.0369. The summed E-state index contributed by atoms with van der Waals surface area (Å²) in [7, 11) is 1.70. The maximum absolute atomic E-state index is 5.92. The number of aromatic amines is 1. The molecule has 5 heterocycles. The summed E-state index contributed by atoms with van der Waals surface area (Å²) in [6.45, 7) is 8.33. The number of methoxy groups -OCH3 is 1. The number of H-pyrrole nitrogens is 1. The first-order valence-corrected chi connectivity index (χ1v) is 13.8. The number of anilines is 1. The molecule has 5 aromatic rings. The highest BCUT2D eigenvalue weighted by molar-refractivity contribution is 6.27. The first-order chi connectivity index (χ1) is 19.6. The molecule has 1 unspecified atom stereocenters. The monoisotopic (exact) mass is 536 g/mol. The average Bonchev–Trinajstić information content (AvgIpc) is 3.52. The molecular formula is C31H32N6O3. The van der Waals surface area contributed by atoms with Crippen molar-refractivity contribution in [2.45, 2.75) is 26.4 Å². The lowest BCUT2D eigenvalue weighted by atomic mass is 9.94. The van der Waals surface area contributed by atoms with Crippen molar-refractivity contribution in [3.63, 3.8) is 0 Å². The Morgan fingerprint density at radius 2 is 1.88 bits per heavy atom. The minimum absolute atomic E-state index is 0.0748. The largest absolute Gasteiger partial charge is 0.496 e. The molecule has 204 valence electrons. The van der Waals surface area contributed by atoms with Crippen LogP contribution >= 0.6 is 0 Å². The maximum atomic E-state index is 5.92. The summed E-state index contributed by atoms with van der Waals surface area (Å²) in [5.41, 5.74) is 7.74. The lowest BCUT2D eigenvalue weighted by Crippen LogP contribution is -2.39. The second-order valence-corrected chi connectivity index (χ2v) is 10.4. The summed E-state index contributed by atoms with van der Waals surface area (Å²) < 4.78 is 16.9. The van der Waals surface area contributed by atoms with Gasteiger partial charge in [0.25, 0.3) is 0 Å². The van der Waals surface area contributed by atoms with Gasteiger partial charge in [-0.15, -0.1) is 0 Å². The number of nitrogens with zero attached hydrogens (tertiary/aromatic N) is 4. The second-order valence-electron chi connectivity index (χ2n) is 10.4. The molecule has 0 spiro atoms. The van der Waals surface area contributed by atoms with Gasteiger partial charge in [0.1, 0.15) is 23.5 Å². The van der Waals surface area contributed by atoms with E-state index in [1.807, 2.05) is 32.2 Å². The van der Waals surface area contributed by atoms with Crippen LogP contribution < -0.4 is 10.1 Å². The third-order valence-electron chi connectivity index (χ3n) is 7.98. The number of aliphatic imine (C=N–C) groups is 1. The van der Waals surface area contributed by atoms with Crippen LogP contribution in [0.3, 0.4) is 0 Å². The Hall–Kier alpha value is -4.21. The Bertz CT molecular complexity index is 1720. The van der Waals surface area contributed by atoms with Crippen molar-refractivity contribution in [2.75, 3.05) is 45.3 Å². The highest BCUT2D eigenvalue weighted by atomic mass is 16.5. The molecule has 0 bridgehead atoms. The topological polar surface area (TPSA) is 101 Å². The first kappa shape index (κ1) is 24.8. The number of ether oxygens (including phenoxy) is 2. The minimum Gasteiger partial charge on any atom is -0.496 e. The van der Waals surface area contributed by atoms with Crippen LogP contribution in [0.1, 0.15) is 29.0 Å². The number of aromatic nitrogens is 3. The fourth-order valence-corrected chi connectivity index (χ4v) is 6.00. The van der Waals surface area contributed by atoms with Crippen LogP contribution in [0.5, 0.6) is 5.75 Å². The fourth-order valence-electron chi connectivity index (χ4n) is 6.00. The molecular weight excluding hydrogens is 504 g/mol. The number of nitrogens with one attached hydrogen (secondary N) is 2. The zero-order valence-corrected chi connectivity index (χ0v) is 23.0. The Morgan fingerprint density at radius 1 is 1.02 bits per heavy atom. The molecule has 9 heteroatoms. The van der Waals surface area contributed by atoms with Gasteiger partial charge in [-0.2, -0.15) is 0 Å². The molecule has 2 N–H and O–H groups in total. The van der Waals surface area contributed by atoms with Crippen molar-refractivity contribution in [2.24, 2.45) is 4.99 Å². The number of fused-ring (bicyclic) bond motifs is 4. The molecule has 40 heavy (non-hydrogen) atoms. The molecule has 0 aliphatic carbocycles. The predicted octanol–water partition coefficient (Wildman–Crippen LogP) is 5.31. The molecule has 1 saturated heterocycles. The highest BCUT2D eigenvalue weighted by Gasteiger charge is 2.29. The summed E-state index contributed by atoms with van der Waals surface area (Å²) in [5.74, 6) is 2.49. The van der Waals surface area contributed by atoms with Crippen LogP contribution in [0, 0.1) is 13.8 Å². The molecule has 1 fully saturated rings. The summed E-state index contributed by atoms with van der Waals surface area (Å²) in [4.78, 5) is 16.1. The number of morpholine rings is 1. The van der Waals surface area contributed by atoms with E-state index in [9.17, 15) is 0 Å². The van der Waals surface area contributed by atoms with Gasteiger partial charge in [0.15, 0.2) is 0 Å². The van der Waals surface area contributed by atoms with Crippen LogP contribution in [-0.4, -0.2) is 71.9 Å². The molecule has 2 aliphatic heterocycles. The van der Waals surface area contributed by atoms with E-state index in [-0.39, 0.29) is 6.17 Å². The summed E-state index contributed by atoms with van der Waals surface area (Å²) in [6.07, 6.45) is 2.68. The first-order valence-electron chi connectivity index (χ1n) is 13.8. The Balaban J connectivity index is 1.38. The molecule has 7 rings (SSSR count). The van der Waals surface area contributed by atoms with Crippen molar-refractivity contribution in [1.29, 1.82) is 0 Å². The van der Waals surface area contributed by atoms with E-state index in [4.69, 9.17) is 19.0 Å². The van der Waals surface area contributed by atoms with E-state index in [1.54, 1.807) is 7.11 Å². The minimum atomic E-state index is -0.0748. The van der Waals surface area contributed by atoms with Crippen molar-refractivity contribution < 1.29 is 14.0 Å². The molecule has 0 amide bonds. The number of aryl methyl sites for hydroxylation is 2. The average molecular weight is 537 g/mol. The standard InChI is InChI=1S/C31H32N6O3/c1-18-28(19(2)40-36-18)23-16-25-22(17-26(23)38-3)29-30(21-8-10-32-24-7-5-4-6-20(21)24)34-27(35-31(29)33-25)9-11-37-12-14-39-15-13-37/h4-8,10,16-17,27,33,35H,9,11-15H2,1-3H3. The fraction of sp³-hybridized carbons (Fsp3) is 0.323. The number of benzene rings is 2. The number of hydrogen-bond donors (Lipinski definition) is 2. The van der Waals surface area contributed by atoms with Gasteiger partial charge >= 0.3 is 0 Å². The van der Waals surface area contributed by atoms with Crippen LogP contribution in [0.2, 0.25) is 0 Å². The van der Waals surface area contributed by atoms with E-state index < -0.39 is 0 Å². The number of rotatable bonds is 6. The van der Waals surface area contributed by atoms with Gasteiger partial charge < -0.3 is 24.3 Å². The number of pyridine rings is 1. The molecule has 9 nitrogen and oxygen atoms in total. The third kappa shape index (κ3) is 4.22.